The average molecular weight is 608 g/mol. The first kappa shape index (κ1) is 33.6. The van der Waals surface area contributed by atoms with Gasteiger partial charge in [0.05, 0.1) is 6.04 Å². The predicted octanol–water partition coefficient (Wildman–Crippen LogP) is 4.10. The number of amides is 3. The number of nitrogens with one attached hydrogen (secondary N) is 3. The third-order valence-corrected chi connectivity index (χ3v) is 9.71. The van der Waals surface area contributed by atoms with E-state index in [2.05, 4.69) is 60.7 Å². The highest BCUT2D eigenvalue weighted by Gasteiger charge is 2.34. The van der Waals surface area contributed by atoms with Gasteiger partial charge in [0.25, 0.3) is 5.91 Å². The van der Waals surface area contributed by atoms with E-state index in [4.69, 9.17) is 0 Å². The number of carbonyl (C=O) groups is 3. The Morgan fingerprint density at radius 1 is 0.955 bits per heavy atom. The molecule has 1 aromatic heterocycles. The van der Waals surface area contributed by atoms with Crippen molar-refractivity contribution in [3.05, 3.63) is 47.8 Å². The molecule has 0 radical (unpaired) electrons. The van der Waals surface area contributed by atoms with E-state index in [1.54, 1.807) is 16.9 Å². The summed E-state index contributed by atoms with van der Waals surface area (Å²) in [5.41, 5.74) is 2.16. The minimum atomic E-state index is -0.640. The van der Waals surface area contributed by atoms with Gasteiger partial charge in [-0.05, 0) is 75.8 Å². The fourth-order valence-corrected chi connectivity index (χ4v) is 6.37. The van der Waals surface area contributed by atoms with E-state index in [9.17, 15) is 14.4 Å². The molecule has 4 rings (SSSR count). The molecule has 3 N–H and O–H groups in total. The Morgan fingerprint density at radius 2 is 1.61 bits per heavy atom. The van der Waals surface area contributed by atoms with E-state index in [1.807, 2.05) is 36.1 Å². The summed E-state index contributed by atoms with van der Waals surface area (Å²) in [6.07, 6.45) is 6.43. The minimum absolute atomic E-state index is 0.0550. The molecule has 2 heterocycles. The summed E-state index contributed by atoms with van der Waals surface area (Å²) in [5.74, 6) is 0.303. The zero-order chi connectivity index (χ0) is 31.8. The molecule has 1 aromatic carbocycles. The van der Waals surface area contributed by atoms with E-state index in [-0.39, 0.29) is 41.6 Å². The molecule has 10 heteroatoms. The first-order valence-electron chi connectivity index (χ1n) is 16.6. The first-order valence-corrected chi connectivity index (χ1v) is 16.6. The highest BCUT2D eigenvalue weighted by atomic mass is 16.2. The number of aromatic nitrogens is 2. The van der Waals surface area contributed by atoms with Crippen LogP contribution in [0.25, 0.3) is 0 Å². The van der Waals surface area contributed by atoms with Gasteiger partial charge in [-0.1, -0.05) is 45.7 Å². The zero-order valence-electron chi connectivity index (χ0n) is 27.5. The SMILES string of the molecule is CCC(C)N[C@@H](C(=O)N1CCN(C)CC1)[C@@H](C)c1ccc(NC(=O)[C@@H](NC(=O)c2ccnn2CC)C2CCC(C)CC2)cc1. The molecule has 1 saturated carbocycles. The van der Waals surface area contributed by atoms with Crippen LogP contribution in [0.3, 0.4) is 0 Å². The Morgan fingerprint density at radius 3 is 2.23 bits per heavy atom. The van der Waals surface area contributed by atoms with Crippen LogP contribution in [0.5, 0.6) is 0 Å². The molecule has 1 saturated heterocycles. The monoisotopic (exact) mass is 607 g/mol. The maximum Gasteiger partial charge on any atom is 0.270 e. The highest BCUT2D eigenvalue weighted by Crippen LogP contribution is 2.31. The van der Waals surface area contributed by atoms with Gasteiger partial charge in [0.1, 0.15) is 11.7 Å². The van der Waals surface area contributed by atoms with Gasteiger partial charge in [-0.25, -0.2) is 0 Å². The van der Waals surface area contributed by atoms with Gasteiger partial charge in [0, 0.05) is 56.6 Å². The fraction of sp³-hybridized carbons (Fsp3) is 0.647. The Kier molecular flexibility index (Phi) is 12.0. The van der Waals surface area contributed by atoms with Crippen molar-refractivity contribution in [1.82, 2.24) is 30.2 Å². The van der Waals surface area contributed by atoms with Crippen LogP contribution in [0, 0.1) is 11.8 Å². The number of hydrogen-bond donors (Lipinski definition) is 3. The van der Waals surface area contributed by atoms with Gasteiger partial charge in [0.15, 0.2) is 0 Å². The second-order valence-electron chi connectivity index (χ2n) is 13.0. The van der Waals surface area contributed by atoms with Crippen LogP contribution in [0.4, 0.5) is 5.69 Å². The van der Waals surface area contributed by atoms with Gasteiger partial charge in [-0.2, -0.15) is 5.10 Å². The fourth-order valence-electron chi connectivity index (χ4n) is 6.37. The molecular formula is C34H53N7O3. The topological polar surface area (TPSA) is 112 Å². The van der Waals surface area contributed by atoms with Crippen LogP contribution in [0.2, 0.25) is 0 Å². The molecule has 2 aliphatic rings. The predicted molar refractivity (Wildman–Crippen MR) is 175 cm³/mol. The summed E-state index contributed by atoms with van der Waals surface area (Å²) in [5, 5.41) is 13.9. The third-order valence-electron chi connectivity index (χ3n) is 9.71. The summed E-state index contributed by atoms with van der Waals surface area (Å²) < 4.78 is 1.64. The molecule has 242 valence electrons. The van der Waals surface area contributed by atoms with E-state index in [1.165, 1.54) is 0 Å². The van der Waals surface area contributed by atoms with E-state index in [0.29, 0.717) is 23.8 Å². The number of aryl methyl sites for hydroxylation is 1. The summed E-state index contributed by atoms with van der Waals surface area (Å²) in [7, 11) is 2.09. The molecule has 1 aliphatic carbocycles. The van der Waals surface area contributed by atoms with Crippen LogP contribution in [0.1, 0.15) is 88.7 Å². The molecule has 4 atom stereocenters. The number of rotatable bonds is 12. The summed E-state index contributed by atoms with van der Waals surface area (Å²) in [6.45, 7) is 14.3. The Balaban J connectivity index is 1.47. The molecule has 1 aliphatic heterocycles. The molecular weight excluding hydrogens is 554 g/mol. The van der Waals surface area contributed by atoms with E-state index < -0.39 is 6.04 Å². The van der Waals surface area contributed by atoms with Crippen molar-refractivity contribution in [2.45, 2.75) is 97.3 Å². The lowest BCUT2D eigenvalue weighted by Crippen LogP contribution is -2.56. The van der Waals surface area contributed by atoms with Crippen molar-refractivity contribution in [2.75, 3.05) is 38.5 Å². The van der Waals surface area contributed by atoms with Gasteiger partial charge in [0.2, 0.25) is 11.8 Å². The number of piperazine rings is 1. The number of carbonyl (C=O) groups excluding carboxylic acids is 3. The lowest BCUT2D eigenvalue weighted by molar-refractivity contribution is -0.135. The average Bonchev–Trinajstić information content (AvgIpc) is 3.52. The second kappa shape index (κ2) is 15.7. The van der Waals surface area contributed by atoms with E-state index >= 15 is 0 Å². The third kappa shape index (κ3) is 8.47. The van der Waals surface area contributed by atoms with Crippen molar-refractivity contribution in [1.29, 1.82) is 0 Å². The van der Waals surface area contributed by atoms with Crippen LogP contribution in [-0.4, -0.2) is 88.7 Å². The van der Waals surface area contributed by atoms with Crippen LogP contribution in [0.15, 0.2) is 36.5 Å². The van der Waals surface area contributed by atoms with Gasteiger partial charge < -0.3 is 25.8 Å². The van der Waals surface area contributed by atoms with Gasteiger partial charge in [-0.3, -0.25) is 19.1 Å². The Labute approximate surface area is 263 Å². The lowest BCUT2D eigenvalue weighted by Gasteiger charge is -2.37. The number of nitrogens with zero attached hydrogens (tertiary/aromatic N) is 4. The summed E-state index contributed by atoms with van der Waals surface area (Å²) >= 11 is 0. The Hall–Kier alpha value is -3.24. The molecule has 2 fully saturated rings. The maximum atomic E-state index is 13.7. The molecule has 10 nitrogen and oxygen atoms in total. The van der Waals surface area contributed by atoms with E-state index in [0.717, 1.165) is 63.8 Å². The number of benzene rings is 1. The summed E-state index contributed by atoms with van der Waals surface area (Å²) in [4.78, 5) is 44.9. The molecule has 0 spiro atoms. The van der Waals surface area contributed by atoms with Crippen LogP contribution in [-0.2, 0) is 16.1 Å². The standard InChI is InChI=1S/C34H53N7O3/c1-7-24(4)36-30(34(44)40-21-19-39(6)20-22-40)25(5)26-13-15-28(16-14-26)37-33(43)31(27-11-9-23(3)10-12-27)38-32(42)29-17-18-35-41(29)8-2/h13-18,23-25,27,30-31,36H,7-12,19-22H2,1-6H3,(H,37,43)(H,38,42)/t23?,24?,25-,27?,30+,31-/m0/s1. The molecule has 3 amide bonds. The van der Waals surface area contributed by atoms with Crippen molar-refractivity contribution < 1.29 is 14.4 Å². The van der Waals surface area contributed by atoms with Crippen molar-refractivity contribution in [3.8, 4) is 0 Å². The number of likely N-dealkylation sites (N-methyl/N-ethyl adjacent to an activating group) is 1. The maximum absolute atomic E-state index is 13.7. The highest BCUT2D eigenvalue weighted by molar-refractivity contribution is 6.00. The smallest absolute Gasteiger partial charge is 0.270 e. The number of anilines is 1. The molecule has 0 bridgehead atoms. The Bertz CT molecular complexity index is 1230. The molecule has 2 aromatic rings. The van der Waals surface area contributed by atoms with Crippen LogP contribution >= 0.6 is 0 Å². The molecule has 44 heavy (non-hydrogen) atoms. The van der Waals surface area contributed by atoms with Crippen molar-refractivity contribution in [3.63, 3.8) is 0 Å². The molecule has 1 unspecified atom stereocenters. The number of hydrogen-bond acceptors (Lipinski definition) is 6. The summed E-state index contributed by atoms with van der Waals surface area (Å²) in [6, 6.07) is 8.73. The zero-order valence-corrected chi connectivity index (χ0v) is 27.5. The quantitative estimate of drug-likeness (QED) is 0.335. The van der Waals surface area contributed by atoms with Crippen molar-refractivity contribution >= 4 is 23.4 Å². The second-order valence-corrected chi connectivity index (χ2v) is 13.0. The largest absolute Gasteiger partial charge is 0.339 e. The normalized spacial score (nSPS) is 22.1. The minimum Gasteiger partial charge on any atom is -0.339 e. The first-order chi connectivity index (χ1) is 21.1. The van der Waals surface area contributed by atoms with Crippen LogP contribution < -0.4 is 16.0 Å². The van der Waals surface area contributed by atoms with Gasteiger partial charge in [-0.15, -0.1) is 0 Å². The lowest BCUT2D eigenvalue weighted by atomic mass is 9.79. The van der Waals surface area contributed by atoms with Gasteiger partial charge >= 0.3 is 0 Å². The van der Waals surface area contributed by atoms with Crippen molar-refractivity contribution in [2.24, 2.45) is 11.8 Å².